The van der Waals surface area contributed by atoms with E-state index in [0.29, 0.717) is 0 Å². The van der Waals surface area contributed by atoms with Crippen LogP contribution in [0.1, 0.15) is 37.8 Å². The molecule has 0 aromatic heterocycles. The molecule has 0 aliphatic carbocycles. The van der Waals surface area contributed by atoms with Gasteiger partial charge in [-0.05, 0) is 31.9 Å². The van der Waals surface area contributed by atoms with Crippen LogP contribution in [0.5, 0.6) is 0 Å². The number of benzene rings is 1. The number of nitrogens with zero attached hydrogens (tertiary/aromatic N) is 1. The van der Waals surface area contributed by atoms with E-state index in [2.05, 4.69) is 24.0 Å². The van der Waals surface area contributed by atoms with Crippen LogP contribution in [0.4, 0.5) is 0 Å². The van der Waals surface area contributed by atoms with Crippen LogP contribution < -0.4 is 0 Å². The molecule has 17 heavy (non-hydrogen) atoms. The maximum atomic E-state index is 11.3. The van der Waals surface area contributed by atoms with E-state index in [-0.39, 0.29) is 12.1 Å². The number of hydrogen-bond acceptors (Lipinski definition) is 2. The van der Waals surface area contributed by atoms with Crippen LogP contribution in [0.3, 0.4) is 0 Å². The van der Waals surface area contributed by atoms with Gasteiger partial charge >= 0.3 is 5.97 Å². The number of carboxylic acid groups (broad SMARTS) is 1. The third-order valence-electron chi connectivity index (χ3n) is 3.61. The number of aliphatic carboxylic acids is 1. The summed E-state index contributed by atoms with van der Waals surface area (Å²) in [6.45, 7) is 2.98. The van der Waals surface area contributed by atoms with Crippen molar-refractivity contribution in [2.24, 2.45) is 0 Å². The smallest absolute Gasteiger partial charge is 0.320 e. The molecular weight excluding hydrogens is 214 g/mol. The second-order valence-electron chi connectivity index (χ2n) is 4.67. The first-order valence-electron chi connectivity index (χ1n) is 6.23. The summed E-state index contributed by atoms with van der Waals surface area (Å²) in [6.07, 6.45) is 2.89. The summed E-state index contributed by atoms with van der Waals surface area (Å²) in [6, 6.07) is 9.99. The van der Waals surface area contributed by atoms with Gasteiger partial charge in [0.25, 0.3) is 0 Å². The minimum absolute atomic E-state index is 0.178. The lowest BCUT2D eigenvalue weighted by molar-refractivity contribution is -0.145. The monoisotopic (exact) mass is 233 g/mol. The van der Waals surface area contributed by atoms with E-state index >= 15 is 0 Å². The molecule has 2 atom stereocenters. The highest BCUT2D eigenvalue weighted by Gasteiger charge is 2.31. The molecule has 2 rings (SSSR count). The normalized spacial score (nSPS) is 23.2. The second-order valence-corrected chi connectivity index (χ2v) is 4.67. The van der Waals surface area contributed by atoms with Crippen LogP contribution in [-0.2, 0) is 4.79 Å². The molecule has 1 N–H and O–H groups in total. The number of likely N-dealkylation sites (tertiary alicyclic amines) is 1. The van der Waals surface area contributed by atoms with Crippen molar-refractivity contribution in [1.82, 2.24) is 4.90 Å². The van der Waals surface area contributed by atoms with Crippen LogP contribution in [0.25, 0.3) is 0 Å². The van der Waals surface area contributed by atoms with Gasteiger partial charge in [-0.3, -0.25) is 9.69 Å². The average Bonchev–Trinajstić information content (AvgIpc) is 2.39. The highest BCUT2D eigenvalue weighted by atomic mass is 16.4. The first kappa shape index (κ1) is 12.1. The highest BCUT2D eigenvalue weighted by Crippen LogP contribution is 2.28. The Morgan fingerprint density at radius 3 is 2.71 bits per heavy atom. The standard InChI is InChI=1S/C14H19NO2/c1-11(12-7-3-2-4-8-12)15-10-6-5-9-13(15)14(16)17/h2-4,7-8,11,13H,5-6,9-10H2,1H3,(H,16,17)/t11-,13?/m1/s1. The molecule has 0 radical (unpaired) electrons. The Kier molecular flexibility index (Phi) is 3.79. The zero-order valence-electron chi connectivity index (χ0n) is 10.2. The topological polar surface area (TPSA) is 40.5 Å². The maximum Gasteiger partial charge on any atom is 0.320 e. The van der Waals surface area contributed by atoms with Gasteiger partial charge in [-0.15, -0.1) is 0 Å². The molecule has 3 heteroatoms. The van der Waals surface area contributed by atoms with Crippen molar-refractivity contribution in [1.29, 1.82) is 0 Å². The zero-order valence-corrected chi connectivity index (χ0v) is 10.2. The first-order valence-corrected chi connectivity index (χ1v) is 6.23. The fourth-order valence-corrected chi connectivity index (χ4v) is 2.61. The Morgan fingerprint density at radius 2 is 2.06 bits per heavy atom. The van der Waals surface area contributed by atoms with E-state index in [4.69, 9.17) is 0 Å². The van der Waals surface area contributed by atoms with Gasteiger partial charge < -0.3 is 5.11 Å². The van der Waals surface area contributed by atoms with Crippen molar-refractivity contribution < 1.29 is 9.90 Å². The van der Waals surface area contributed by atoms with E-state index < -0.39 is 5.97 Å². The molecule has 3 nitrogen and oxygen atoms in total. The van der Waals surface area contributed by atoms with Crippen molar-refractivity contribution in [2.45, 2.75) is 38.3 Å². The molecule has 0 spiro atoms. The third-order valence-corrected chi connectivity index (χ3v) is 3.61. The quantitative estimate of drug-likeness (QED) is 0.872. The van der Waals surface area contributed by atoms with E-state index in [1.165, 1.54) is 5.56 Å². The molecule has 1 fully saturated rings. The molecular formula is C14H19NO2. The van der Waals surface area contributed by atoms with Crippen molar-refractivity contribution in [3.63, 3.8) is 0 Å². The summed E-state index contributed by atoms with van der Waals surface area (Å²) in [5, 5.41) is 9.26. The summed E-state index contributed by atoms with van der Waals surface area (Å²) in [5.41, 5.74) is 1.20. The number of carboxylic acids is 1. The van der Waals surface area contributed by atoms with Crippen LogP contribution in [0, 0.1) is 0 Å². The summed E-state index contributed by atoms with van der Waals surface area (Å²) < 4.78 is 0. The lowest BCUT2D eigenvalue weighted by Gasteiger charge is -2.37. The number of hydrogen-bond donors (Lipinski definition) is 1. The molecule has 1 aliphatic heterocycles. The molecule has 1 heterocycles. The second kappa shape index (κ2) is 5.32. The van der Waals surface area contributed by atoms with Gasteiger partial charge in [-0.1, -0.05) is 36.8 Å². The third kappa shape index (κ3) is 2.67. The van der Waals surface area contributed by atoms with Crippen molar-refractivity contribution in [3.05, 3.63) is 35.9 Å². The molecule has 1 unspecified atom stereocenters. The fraction of sp³-hybridized carbons (Fsp3) is 0.500. The lowest BCUT2D eigenvalue weighted by atomic mass is 9.97. The van der Waals surface area contributed by atoms with Crippen LogP contribution >= 0.6 is 0 Å². The Labute approximate surface area is 102 Å². The van der Waals surface area contributed by atoms with Gasteiger partial charge in [-0.25, -0.2) is 0 Å². The minimum Gasteiger partial charge on any atom is -0.480 e. The SMILES string of the molecule is C[C@H](c1ccccc1)N1CCCCC1C(=O)O. The Bertz CT molecular complexity index is 377. The van der Waals surface area contributed by atoms with E-state index in [1.54, 1.807) is 0 Å². The van der Waals surface area contributed by atoms with Crippen LogP contribution in [-0.4, -0.2) is 28.6 Å². The summed E-state index contributed by atoms with van der Waals surface area (Å²) in [5.74, 6) is -0.688. The highest BCUT2D eigenvalue weighted by molar-refractivity contribution is 5.73. The van der Waals surface area contributed by atoms with Gasteiger partial charge in [0.05, 0.1) is 0 Å². The molecule has 92 valence electrons. The van der Waals surface area contributed by atoms with E-state index in [0.717, 1.165) is 25.8 Å². The predicted octanol–water partition coefficient (Wildman–Crippen LogP) is 2.69. The predicted molar refractivity (Wildman–Crippen MR) is 66.8 cm³/mol. The average molecular weight is 233 g/mol. The number of piperidine rings is 1. The molecule has 1 saturated heterocycles. The lowest BCUT2D eigenvalue weighted by Crippen LogP contribution is -2.45. The van der Waals surface area contributed by atoms with Crippen molar-refractivity contribution in [2.75, 3.05) is 6.54 Å². The fourth-order valence-electron chi connectivity index (χ4n) is 2.61. The van der Waals surface area contributed by atoms with Crippen LogP contribution in [0.2, 0.25) is 0 Å². The molecule has 0 bridgehead atoms. The molecule has 1 aliphatic rings. The molecule has 1 aromatic carbocycles. The summed E-state index contributed by atoms with van der Waals surface area (Å²) in [7, 11) is 0. The summed E-state index contributed by atoms with van der Waals surface area (Å²) >= 11 is 0. The summed E-state index contributed by atoms with van der Waals surface area (Å²) in [4.78, 5) is 13.4. The van der Waals surface area contributed by atoms with Crippen molar-refractivity contribution >= 4 is 5.97 Å². The first-order chi connectivity index (χ1) is 8.20. The van der Waals surface area contributed by atoms with Gasteiger partial charge in [0.15, 0.2) is 0 Å². The Hall–Kier alpha value is -1.35. The number of carbonyl (C=O) groups is 1. The number of rotatable bonds is 3. The van der Waals surface area contributed by atoms with Gasteiger partial charge in [0.2, 0.25) is 0 Å². The molecule has 0 amide bonds. The van der Waals surface area contributed by atoms with Gasteiger partial charge in [0.1, 0.15) is 6.04 Å². The largest absolute Gasteiger partial charge is 0.480 e. The maximum absolute atomic E-state index is 11.3. The van der Waals surface area contributed by atoms with Crippen molar-refractivity contribution in [3.8, 4) is 0 Å². The molecule has 1 aromatic rings. The zero-order chi connectivity index (χ0) is 12.3. The minimum atomic E-state index is -0.688. The molecule has 0 saturated carbocycles. The van der Waals surface area contributed by atoms with E-state index in [1.807, 2.05) is 18.2 Å². The van der Waals surface area contributed by atoms with Gasteiger partial charge in [-0.2, -0.15) is 0 Å². The van der Waals surface area contributed by atoms with Crippen LogP contribution in [0.15, 0.2) is 30.3 Å². The van der Waals surface area contributed by atoms with Gasteiger partial charge in [0, 0.05) is 6.04 Å². The Morgan fingerprint density at radius 1 is 1.35 bits per heavy atom. The Balaban J connectivity index is 2.16. The van der Waals surface area contributed by atoms with E-state index in [9.17, 15) is 9.90 Å².